The van der Waals surface area contributed by atoms with Crippen LogP contribution in [0.3, 0.4) is 0 Å². The molecule has 3 nitrogen and oxygen atoms in total. The number of carbonyl (C=O) groups is 1. The molecule has 2 aromatic carbocycles. The minimum absolute atomic E-state index is 0.0665. The van der Waals surface area contributed by atoms with Crippen LogP contribution in [0.15, 0.2) is 60.7 Å². The van der Waals surface area contributed by atoms with E-state index in [2.05, 4.69) is 45.0 Å². The second kappa shape index (κ2) is 7.33. The lowest BCUT2D eigenvalue weighted by atomic mass is 10.2. The van der Waals surface area contributed by atoms with Crippen molar-refractivity contribution in [2.45, 2.75) is 44.5 Å². The predicted octanol–water partition coefficient (Wildman–Crippen LogP) is 3.22. The van der Waals surface area contributed by atoms with Crippen molar-refractivity contribution in [1.82, 2.24) is 0 Å². The van der Waals surface area contributed by atoms with Crippen LogP contribution in [-0.2, 0) is 14.0 Å². The van der Waals surface area contributed by atoms with Gasteiger partial charge in [0, 0.05) is 6.42 Å². The van der Waals surface area contributed by atoms with E-state index in [0.717, 1.165) is 10.4 Å². The molecule has 0 aliphatic carbocycles. The van der Waals surface area contributed by atoms with Gasteiger partial charge in [0.2, 0.25) is 6.17 Å². The average molecular weight is 373 g/mol. The molecule has 26 heavy (non-hydrogen) atoms. The second-order valence-electron chi connectivity index (χ2n) is 7.74. The van der Waals surface area contributed by atoms with E-state index in [9.17, 15) is 9.18 Å². The first kappa shape index (κ1) is 18.8. The van der Waals surface area contributed by atoms with Crippen LogP contribution in [0.2, 0.25) is 5.04 Å². The smallest absolute Gasteiger partial charge is 0.341 e. The van der Waals surface area contributed by atoms with Crippen LogP contribution in [-0.4, -0.2) is 33.2 Å². The van der Waals surface area contributed by atoms with Crippen LogP contribution in [0.1, 0.15) is 27.2 Å². The molecule has 1 fully saturated rings. The molecule has 1 heterocycles. The van der Waals surface area contributed by atoms with Crippen LogP contribution < -0.4 is 10.4 Å². The Kier molecular flexibility index (Phi) is 5.30. The second-order valence-corrected chi connectivity index (χ2v) is 12.0. The summed E-state index contributed by atoms with van der Waals surface area (Å²) in [6, 6.07) is 20.4. The molecule has 138 valence electrons. The number of ether oxygens (including phenoxy) is 1. The number of hydrogen-bond donors (Lipinski definition) is 0. The Morgan fingerprint density at radius 3 is 1.92 bits per heavy atom. The van der Waals surface area contributed by atoms with E-state index in [0.29, 0.717) is 0 Å². The number of esters is 1. The summed E-state index contributed by atoms with van der Waals surface area (Å²) in [5.41, 5.74) is 0. The van der Waals surface area contributed by atoms with E-state index >= 15 is 0 Å². The Morgan fingerprint density at radius 1 is 1.04 bits per heavy atom. The summed E-state index contributed by atoms with van der Waals surface area (Å²) < 4.78 is 25.3. The lowest BCUT2D eigenvalue weighted by Gasteiger charge is -2.43. The number of alkyl halides is 1. The fraction of sp³-hybridized carbons (Fsp3) is 0.381. The highest BCUT2D eigenvalue weighted by atomic mass is 28.4. The van der Waals surface area contributed by atoms with Crippen LogP contribution in [0, 0.1) is 0 Å². The zero-order valence-electron chi connectivity index (χ0n) is 15.4. The molecule has 5 heteroatoms. The minimum Gasteiger partial charge on any atom is -0.458 e. The molecule has 3 rings (SSSR count). The van der Waals surface area contributed by atoms with Gasteiger partial charge in [-0.3, -0.25) is 0 Å². The SMILES string of the molecule is CC(C)(C)[Si](OC[C@H]1C[C@H](F)C(=O)O1)(c1ccccc1)c1ccccc1. The van der Waals surface area contributed by atoms with Gasteiger partial charge in [0.05, 0.1) is 6.61 Å². The van der Waals surface area contributed by atoms with Crippen molar-refractivity contribution in [3.63, 3.8) is 0 Å². The maximum absolute atomic E-state index is 13.5. The molecular formula is C21H25FO3Si. The summed E-state index contributed by atoms with van der Waals surface area (Å²) in [5.74, 6) is -0.777. The predicted molar refractivity (Wildman–Crippen MR) is 103 cm³/mol. The van der Waals surface area contributed by atoms with Gasteiger partial charge in [-0.2, -0.15) is 0 Å². The number of halogens is 1. The van der Waals surface area contributed by atoms with E-state index < -0.39 is 26.6 Å². The fourth-order valence-corrected chi connectivity index (χ4v) is 8.29. The number of rotatable bonds is 5. The molecule has 0 N–H and O–H groups in total. The monoisotopic (exact) mass is 372 g/mol. The van der Waals surface area contributed by atoms with Gasteiger partial charge < -0.3 is 9.16 Å². The fourth-order valence-electron chi connectivity index (χ4n) is 3.69. The molecule has 0 saturated carbocycles. The summed E-state index contributed by atoms with van der Waals surface area (Å²) in [5, 5.41) is 2.15. The third-order valence-electron chi connectivity index (χ3n) is 4.91. The first-order valence-electron chi connectivity index (χ1n) is 8.94. The molecule has 1 saturated heterocycles. The first-order valence-corrected chi connectivity index (χ1v) is 10.8. The highest BCUT2D eigenvalue weighted by Crippen LogP contribution is 2.37. The largest absolute Gasteiger partial charge is 0.458 e. The zero-order valence-corrected chi connectivity index (χ0v) is 16.4. The molecule has 0 bridgehead atoms. The Labute approximate surface area is 155 Å². The van der Waals surface area contributed by atoms with Gasteiger partial charge in [0.1, 0.15) is 6.10 Å². The van der Waals surface area contributed by atoms with Crippen molar-refractivity contribution in [2.75, 3.05) is 6.61 Å². The van der Waals surface area contributed by atoms with E-state index in [1.165, 1.54) is 0 Å². The number of carbonyl (C=O) groups excluding carboxylic acids is 1. The van der Waals surface area contributed by atoms with Crippen LogP contribution >= 0.6 is 0 Å². The molecule has 0 amide bonds. The molecule has 2 aromatic rings. The highest BCUT2D eigenvalue weighted by Gasteiger charge is 2.51. The molecule has 0 unspecified atom stereocenters. The quantitative estimate of drug-likeness (QED) is 0.597. The highest BCUT2D eigenvalue weighted by molar-refractivity contribution is 6.99. The molecule has 1 aliphatic rings. The van der Waals surface area contributed by atoms with E-state index in [1.54, 1.807) is 0 Å². The summed E-state index contributed by atoms with van der Waals surface area (Å²) in [7, 11) is -2.67. The van der Waals surface area contributed by atoms with E-state index in [1.807, 2.05) is 36.4 Å². The molecular weight excluding hydrogens is 347 g/mol. The van der Waals surface area contributed by atoms with Gasteiger partial charge in [0.15, 0.2) is 0 Å². The van der Waals surface area contributed by atoms with Crippen molar-refractivity contribution in [3.8, 4) is 0 Å². The van der Waals surface area contributed by atoms with Crippen LogP contribution in [0.4, 0.5) is 4.39 Å². The summed E-state index contributed by atoms with van der Waals surface area (Å²) in [6.07, 6.45) is -2.00. The summed E-state index contributed by atoms with van der Waals surface area (Å²) >= 11 is 0. The number of hydrogen-bond acceptors (Lipinski definition) is 3. The number of benzene rings is 2. The summed E-state index contributed by atoms with van der Waals surface area (Å²) in [4.78, 5) is 11.4. The van der Waals surface area contributed by atoms with Crippen LogP contribution in [0.25, 0.3) is 0 Å². The van der Waals surface area contributed by atoms with Gasteiger partial charge in [0.25, 0.3) is 8.32 Å². The Morgan fingerprint density at radius 2 is 1.54 bits per heavy atom. The first-order chi connectivity index (χ1) is 12.3. The lowest BCUT2D eigenvalue weighted by Crippen LogP contribution is -2.67. The Hall–Kier alpha value is -1.98. The normalized spacial score (nSPS) is 20.8. The van der Waals surface area contributed by atoms with Gasteiger partial charge >= 0.3 is 5.97 Å². The van der Waals surface area contributed by atoms with E-state index in [-0.39, 0.29) is 18.1 Å². The van der Waals surface area contributed by atoms with Crippen molar-refractivity contribution in [1.29, 1.82) is 0 Å². The minimum atomic E-state index is -2.67. The van der Waals surface area contributed by atoms with E-state index in [4.69, 9.17) is 9.16 Å². The Bertz CT molecular complexity index is 703. The van der Waals surface area contributed by atoms with Gasteiger partial charge in [-0.1, -0.05) is 81.4 Å². The topological polar surface area (TPSA) is 35.5 Å². The van der Waals surface area contributed by atoms with Gasteiger partial charge in [-0.15, -0.1) is 0 Å². The zero-order chi connectivity index (χ0) is 18.8. The van der Waals surface area contributed by atoms with Crippen LogP contribution in [0.5, 0.6) is 0 Å². The average Bonchev–Trinajstić information content (AvgIpc) is 2.94. The Balaban J connectivity index is 2.02. The summed E-state index contributed by atoms with van der Waals surface area (Å²) in [6.45, 7) is 6.74. The standard InChI is InChI=1S/C21H25FO3Si/c1-21(2,3)26(17-10-6-4-7-11-17,18-12-8-5-9-13-18)24-15-16-14-19(22)20(23)25-16/h4-13,16,19H,14-15H2,1-3H3/t16-,19+/m1/s1. The molecule has 0 radical (unpaired) electrons. The lowest BCUT2D eigenvalue weighted by molar-refractivity contribution is -0.145. The molecule has 1 aliphatic heterocycles. The maximum Gasteiger partial charge on any atom is 0.341 e. The third kappa shape index (κ3) is 3.46. The maximum atomic E-state index is 13.5. The van der Waals surface area contributed by atoms with Crippen molar-refractivity contribution in [2.24, 2.45) is 0 Å². The van der Waals surface area contributed by atoms with Crippen molar-refractivity contribution < 1.29 is 18.3 Å². The van der Waals surface area contributed by atoms with Crippen molar-refractivity contribution >= 4 is 24.7 Å². The molecule has 0 spiro atoms. The number of cyclic esters (lactones) is 1. The third-order valence-corrected chi connectivity index (χ3v) is 9.92. The van der Waals surface area contributed by atoms with Gasteiger partial charge in [-0.05, 0) is 15.4 Å². The van der Waals surface area contributed by atoms with Gasteiger partial charge in [-0.25, -0.2) is 9.18 Å². The van der Waals surface area contributed by atoms with Crippen molar-refractivity contribution in [3.05, 3.63) is 60.7 Å². The molecule has 2 atom stereocenters. The molecule has 0 aromatic heterocycles.